The number of carbonyl (C=O) groups excluding carboxylic acids is 1. The van der Waals surface area contributed by atoms with E-state index in [2.05, 4.69) is 34.7 Å². The van der Waals surface area contributed by atoms with Crippen LogP contribution in [0.5, 0.6) is 0 Å². The van der Waals surface area contributed by atoms with Gasteiger partial charge in [-0.25, -0.2) is 0 Å². The number of hydrogen-bond acceptors (Lipinski definition) is 3. The first kappa shape index (κ1) is 17.0. The van der Waals surface area contributed by atoms with Crippen molar-refractivity contribution in [3.63, 3.8) is 0 Å². The minimum Gasteiger partial charge on any atom is -0.360 e. The van der Waals surface area contributed by atoms with Crippen LogP contribution in [0.15, 0.2) is 77.3 Å². The summed E-state index contributed by atoms with van der Waals surface area (Å²) in [6, 6.07) is 23.9. The molecule has 0 aliphatic rings. The van der Waals surface area contributed by atoms with E-state index in [1.807, 2.05) is 55.5 Å². The summed E-state index contributed by atoms with van der Waals surface area (Å²) in [6.45, 7) is 3.74. The maximum absolute atomic E-state index is 13.0. The summed E-state index contributed by atoms with van der Waals surface area (Å²) in [5, 5.41) is 9.50. The first-order valence-corrected chi connectivity index (χ1v) is 8.95. The zero-order chi connectivity index (χ0) is 18.8. The SMILES string of the molecule is Cc1onc(-c2ccccc2)c1C(=O)NC(C)c1ccc2ccccc2c1. The minimum absolute atomic E-state index is 0.139. The third-order valence-corrected chi connectivity index (χ3v) is 4.76. The highest BCUT2D eigenvalue weighted by atomic mass is 16.5. The van der Waals surface area contributed by atoms with Crippen LogP contribution in [-0.2, 0) is 0 Å². The lowest BCUT2D eigenvalue weighted by atomic mass is 10.0. The Morgan fingerprint density at radius 1 is 0.963 bits per heavy atom. The number of fused-ring (bicyclic) bond motifs is 1. The van der Waals surface area contributed by atoms with Crippen molar-refractivity contribution in [1.82, 2.24) is 10.5 Å². The van der Waals surface area contributed by atoms with E-state index in [1.165, 1.54) is 5.39 Å². The molecule has 0 spiro atoms. The van der Waals surface area contributed by atoms with E-state index in [1.54, 1.807) is 6.92 Å². The highest BCUT2D eigenvalue weighted by molar-refractivity contribution is 6.01. The van der Waals surface area contributed by atoms with E-state index in [0.717, 1.165) is 16.5 Å². The fourth-order valence-corrected chi connectivity index (χ4v) is 3.26. The van der Waals surface area contributed by atoms with Gasteiger partial charge in [-0.05, 0) is 36.2 Å². The van der Waals surface area contributed by atoms with Gasteiger partial charge in [0.25, 0.3) is 5.91 Å². The van der Waals surface area contributed by atoms with E-state index in [4.69, 9.17) is 4.52 Å². The molecule has 134 valence electrons. The lowest BCUT2D eigenvalue weighted by Gasteiger charge is -2.15. The molecular weight excluding hydrogens is 336 g/mol. The Kier molecular flexibility index (Phi) is 4.47. The molecule has 4 aromatic rings. The molecule has 3 aromatic carbocycles. The van der Waals surface area contributed by atoms with Gasteiger partial charge < -0.3 is 9.84 Å². The Bertz CT molecular complexity index is 1100. The second-order valence-electron chi connectivity index (χ2n) is 6.63. The zero-order valence-electron chi connectivity index (χ0n) is 15.3. The van der Waals surface area contributed by atoms with Gasteiger partial charge in [0.1, 0.15) is 17.0 Å². The average Bonchev–Trinajstić information content (AvgIpc) is 3.09. The molecule has 4 nitrogen and oxygen atoms in total. The minimum atomic E-state index is -0.187. The van der Waals surface area contributed by atoms with E-state index in [-0.39, 0.29) is 11.9 Å². The predicted octanol–water partition coefficient (Wildman–Crippen LogP) is 5.29. The smallest absolute Gasteiger partial charge is 0.257 e. The van der Waals surface area contributed by atoms with Crippen molar-refractivity contribution in [3.05, 3.63) is 89.7 Å². The maximum Gasteiger partial charge on any atom is 0.257 e. The van der Waals surface area contributed by atoms with Gasteiger partial charge in [-0.2, -0.15) is 0 Å². The van der Waals surface area contributed by atoms with Gasteiger partial charge in [-0.15, -0.1) is 0 Å². The number of amides is 1. The van der Waals surface area contributed by atoms with Crippen molar-refractivity contribution < 1.29 is 9.32 Å². The van der Waals surface area contributed by atoms with Crippen molar-refractivity contribution in [2.24, 2.45) is 0 Å². The predicted molar refractivity (Wildman–Crippen MR) is 107 cm³/mol. The normalized spacial score (nSPS) is 12.1. The van der Waals surface area contributed by atoms with Crippen LogP contribution < -0.4 is 5.32 Å². The summed E-state index contributed by atoms with van der Waals surface area (Å²) < 4.78 is 5.31. The summed E-state index contributed by atoms with van der Waals surface area (Å²) in [4.78, 5) is 13.0. The molecule has 1 N–H and O–H groups in total. The molecule has 0 aliphatic heterocycles. The summed E-state index contributed by atoms with van der Waals surface area (Å²) in [7, 11) is 0. The fraction of sp³-hybridized carbons (Fsp3) is 0.130. The Hall–Kier alpha value is -3.40. The van der Waals surface area contributed by atoms with Crippen LogP contribution >= 0.6 is 0 Å². The number of carbonyl (C=O) groups is 1. The molecule has 0 saturated carbocycles. The van der Waals surface area contributed by atoms with Gasteiger partial charge in [-0.1, -0.05) is 71.9 Å². The Labute approximate surface area is 157 Å². The number of benzene rings is 3. The third kappa shape index (κ3) is 3.34. The lowest BCUT2D eigenvalue weighted by Crippen LogP contribution is -2.27. The number of aryl methyl sites for hydroxylation is 1. The lowest BCUT2D eigenvalue weighted by molar-refractivity contribution is 0.0939. The van der Waals surface area contributed by atoms with Crippen LogP contribution in [-0.4, -0.2) is 11.1 Å². The van der Waals surface area contributed by atoms with Crippen molar-refractivity contribution >= 4 is 16.7 Å². The van der Waals surface area contributed by atoms with Gasteiger partial charge in [0.15, 0.2) is 0 Å². The highest BCUT2D eigenvalue weighted by Gasteiger charge is 2.23. The Morgan fingerprint density at radius 3 is 2.44 bits per heavy atom. The highest BCUT2D eigenvalue weighted by Crippen LogP contribution is 2.26. The topological polar surface area (TPSA) is 55.1 Å². The molecule has 1 atom stereocenters. The number of nitrogens with zero attached hydrogens (tertiary/aromatic N) is 1. The van der Waals surface area contributed by atoms with Crippen LogP contribution in [0.1, 0.15) is 34.6 Å². The monoisotopic (exact) mass is 356 g/mol. The molecule has 1 amide bonds. The molecule has 1 heterocycles. The first-order chi connectivity index (χ1) is 13.1. The second kappa shape index (κ2) is 7.08. The van der Waals surface area contributed by atoms with Gasteiger partial charge in [0.2, 0.25) is 0 Å². The standard InChI is InChI=1S/C23H20N2O2/c1-15(19-13-12-17-8-6-7-11-20(17)14-19)24-23(26)21-16(2)27-25-22(21)18-9-4-3-5-10-18/h3-15H,1-2H3,(H,24,26). The van der Waals surface area contributed by atoms with Gasteiger partial charge in [0, 0.05) is 5.56 Å². The largest absolute Gasteiger partial charge is 0.360 e. The molecule has 4 rings (SSSR count). The Balaban J connectivity index is 1.61. The van der Waals surface area contributed by atoms with Crippen molar-refractivity contribution in [1.29, 1.82) is 0 Å². The summed E-state index contributed by atoms with van der Waals surface area (Å²) in [5.74, 6) is 0.324. The third-order valence-electron chi connectivity index (χ3n) is 4.76. The van der Waals surface area contributed by atoms with E-state index in [0.29, 0.717) is 17.0 Å². The first-order valence-electron chi connectivity index (χ1n) is 8.95. The van der Waals surface area contributed by atoms with E-state index < -0.39 is 0 Å². The molecule has 27 heavy (non-hydrogen) atoms. The van der Waals surface area contributed by atoms with E-state index in [9.17, 15) is 4.79 Å². The van der Waals surface area contributed by atoms with Crippen LogP contribution in [0.3, 0.4) is 0 Å². The molecule has 0 aliphatic carbocycles. The molecule has 1 aromatic heterocycles. The fourth-order valence-electron chi connectivity index (χ4n) is 3.26. The average molecular weight is 356 g/mol. The number of aromatic nitrogens is 1. The number of nitrogens with one attached hydrogen (secondary N) is 1. The van der Waals surface area contributed by atoms with Crippen molar-refractivity contribution in [3.8, 4) is 11.3 Å². The molecule has 0 radical (unpaired) electrons. The van der Waals surface area contributed by atoms with Gasteiger partial charge in [-0.3, -0.25) is 4.79 Å². The van der Waals surface area contributed by atoms with Crippen LogP contribution in [0.25, 0.3) is 22.0 Å². The zero-order valence-corrected chi connectivity index (χ0v) is 15.3. The maximum atomic E-state index is 13.0. The number of hydrogen-bond donors (Lipinski definition) is 1. The molecule has 0 bridgehead atoms. The summed E-state index contributed by atoms with van der Waals surface area (Å²) >= 11 is 0. The molecule has 0 saturated heterocycles. The molecule has 1 unspecified atom stereocenters. The Morgan fingerprint density at radius 2 is 1.67 bits per heavy atom. The van der Waals surface area contributed by atoms with Crippen molar-refractivity contribution in [2.45, 2.75) is 19.9 Å². The van der Waals surface area contributed by atoms with E-state index >= 15 is 0 Å². The van der Waals surface area contributed by atoms with Crippen LogP contribution in [0.4, 0.5) is 0 Å². The van der Waals surface area contributed by atoms with Gasteiger partial charge >= 0.3 is 0 Å². The molecular formula is C23H20N2O2. The number of rotatable bonds is 4. The van der Waals surface area contributed by atoms with Crippen LogP contribution in [0, 0.1) is 6.92 Å². The molecule has 4 heteroatoms. The second-order valence-corrected chi connectivity index (χ2v) is 6.63. The van der Waals surface area contributed by atoms with Crippen molar-refractivity contribution in [2.75, 3.05) is 0 Å². The van der Waals surface area contributed by atoms with Crippen LogP contribution in [0.2, 0.25) is 0 Å². The summed E-state index contributed by atoms with van der Waals surface area (Å²) in [5.41, 5.74) is 2.96. The quantitative estimate of drug-likeness (QED) is 0.540. The van der Waals surface area contributed by atoms with Gasteiger partial charge in [0.05, 0.1) is 6.04 Å². The molecule has 0 fully saturated rings. The summed E-state index contributed by atoms with van der Waals surface area (Å²) in [6.07, 6.45) is 0.